The van der Waals surface area contributed by atoms with E-state index >= 15 is 0 Å². The molecule has 0 aliphatic rings. The predicted molar refractivity (Wildman–Crippen MR) is 41.9 cm³/mol. The smallest absolute Gasteiger partial charge is 0.394 e. The van der Waals surface area contributed by atoms with Gasteiger partial charge in [-0.1, -0.05) is 0 Å². The van der Waals surface area contributed by atoms with Crippen molar-refractivity contribution in [2.45, 2.75) is 0 Å². The molecule has 0 bridgehead atoms. The Labute approximate surface area is 92.1 Å². The molecule has 2 heteroatoms. The van der Waals surface area contributed by atoms with Crippen LogP contribution in [0.4, 0.5) is 0 Å². The third kappa shape index (κ3) is 160. The molecule has 0 aromatic rings. The van der Waals surface area contributed by atoms with Crippen molar-refractivity contribution in [3.05, 3.63) is 58.0 Å². The topological polar surface area (TPSA) is 0 Å². The summed E-state index contributed by atoms with van der Waals surface area (Å²) in [6, 6.07) is 0. The first-order chi connectivity index (χ1) is 3.83. The number of rotatable bonds is 2. The molecular formula is C9H11Fe2. The van der Waals surface area contributed by atoms with E-state index in [-0.39, 0.29) is 41.6 Å². The van der Waals surface area contributed by atoms with Crippen molar-refractivity contribution in [2.75, 3.05) is 0 Å². The third-order valence-electron chi connectivity index (χ3n) is 0.222. The molecular weight excluding hydrogens is 220 g/mol. The van der Waals surface area contributed by atoms with Gasteiger partial charge in [-0.25, -0.2) is 0 Å². The first-order valence-corrected chi connectivity index (χ1v) is 2.00. The zero-order chi connectivity index (χ0) is 6.83. The third-order valence-corrected chi connectivity index (χ3v) is 0.222. The van der Waals surface area contributed by atoms with Gasteiger partial charge in [0.15, 0.2) is 0 Å². The summed E-state index contributed by atoms with van der Waals surface area (Å²) in [4.78, 5) is 0. The van der Waals surface area contributed by atoms with Gasteiger partial charge in [-0.15, -0.1) is 0 Å². The summed E-state index contributed by atoms with van der Waals surface area (Å²) < 4.78 is 0. The summed E-state index contributed by atoms with van der Waals surface area (Å²) in [5, 5.41) is 0. The fraction of sp³-hybridized carbons (Fsp3) is 0. The second-order valence-corrected chi connectivity index (χ2v) is 0.770. The van der Waals surface area contributed by atoms with Gasteiger partial charge in [0.05, 0.1) is 0 Å². The summed E-state index contributed by atoms with van der Waals surface area (Å²) in [7, 11) is 0. The maximum absolute atomic E-state index is 4.72. The molecule has 0 spiro atoms. The maximum Gasteiger partial charge on any atom is 3.00 e. The van der Waals surface area contributed by atoms with Crippen LogP contribution in [0.3, 0.4) is 0 Å². The molecule has 0 fully saturated rings. The SMILES string of the molecule is [CH-]=CC=[CH-].[CH-]=CC=[CH-].[CH3-].[Fe+2].[Fe+3]. The largest absolute Gasteiger partial charge is 3.00 e. The number of hydrogen-bond donors (Lipinski definition) is 0. The van der Waals surface area contributed by atoms with Gasteiger partial charge < -0.3 is 58.0 Å². The van der Waals surface area contributed by atoms with E-state index in [0.29, 0.717) is 0 Å². The monoisotopic (exact) mass is 231 g/mol. The van der Waals surface area contributed by atoms with Crippen molar-refractivity contribution in [1.82, 2.24) is 0 Å². The van der Waals surface area contributed by atoms with Crippen molar-refractivity contribution >= 4 is 0 Å². The van der Waals surface area contributed by atoms with Gasteiger partial charge in [0, 0.05) is 0 Å². The number of allylic oxidation sites excluding steroid dienone is 4. The standard InChI is InChI=1S/2C4H4.CH3.2Fe/c2*1-3-4-2;;;/h2*1-4H;1H3;;/q2*-2;-1;+2;+3. The van der Waals surface area contributed by atoms with Crippen LogP contribution in [-0.2, 0) is 34.1 Å². The first kappa shape index (κ1) is 30.6. The van der Waals surface area contributed by atoms with E-state index in [9.17, 15) is 0 Å². The Morgan fingerprint density at radius 1 is 0.636 bits per heavy atom. The molecule has 0 aromatic carbocycles. The molecule has 1 radical (unpaired) electrons. The van der Waals surface area contributed by atoms with E-state index in [0.717, 1.165) is 0 Å². The zero-order valence-corrected chi connectivity index (χ0v) is 8.53. The quantitative estimate of drug-likeness (QED) is 0.388. The molecule has 0 heterocycles. The van der Waals surface area contributed by atoms with Gasteiger partial charge in [-0.3, -0.25) is 0 Å². The van der Waals surface area contributed by atoms with E-state index in [1.165, 1.54) is 24.3 Å². The molecule has 0 saturated carbocycles. The summed E-state index contributed by atoms with van der Waals surface area (Å²) in [5.74, 6) is 0. The molecule has 0 nitrogen and oxygen atoms in total. The summed E-state index contributed by atoms with van der Waals surface area (Å²) >= 11 is 0. The Balaban J connectivity index is -0.0000000171. The minimum Gasteiger partial charge on any atom is -0.394 e. The van der Waals surface area contributed by atoms with E-state index in [2.05, 4.69) is 0 Å². The number of hydrogen-bond acceptors (Lipinski definition) is 0. The minimum absolute atomic E-state index is 0. The molecule has 0 aliphatic carbocycles. The van der Waals surface area contributed by atoms with Crippen LogP contribution in [0.2, 0.25) is 0 Å². The summed E-state index contributed by atoms with van der Waals surface area (Å²) in [6.45, 7) is 18.9. The molecule has 0 aliphatic heterocycles. The van der Waals surface area contributed by atoms with Gasteiger partial charge >= 0.3 is 34.1 Å². The minimum atomic E-state index is 0. The second kappa shape index (κ2) is 50.6. The maximum atomic E-state index is 4.72. The van der Waals surface area contributed by atoms with Crippen LogP contribution in [0.25, 0.3) is 0 Å². The Kier molecular flexibility index (Phi) is 141. The molecule has 0 N–H and O–H groups in total. The fourth-order valence-corrected chi connectivity index (χ4v) is 0. The van der Waals surface area contributed by atoms with Crippen molar-refractivity contribution in [2.24, 2.45) is 0 Å². The molecule has 11 heavy (non-hydrogen) atoms. The predicted octanol–water partition coefficient (Wildman–Crippen LogP) is 2.37. The average Bonchev–Trinajstić information content (AvgIpc) is 1.88. The van der Waals surface area contributed by atoms with Crippen LogP contribution in [-0.4, -0.2) is 0 Å². The van der Waals surface area contributed by atoms with Crippen molar-refractivity contribution in [3.8, 4) is 0 Å². The first-order valence-electron chi connectivity index (χ1n) is 2.00. The fourth-order valence-electron chi connectivity index (χ4n) is 0. The molecule has 63 valence electrons. The van der Waals surface area contributed by atoms with Crippen LogP contribution in [0.15, 0.2) is 24.3 Å². The molecule has 0 rings (SSSR count). The Bertz CT molecular complexity index is 61.6. The van der Waals surface area contributed by atoms with E-state index in [1.807, 2.05) is 0 Å². The Hall–Kier alpha value is -0.00104. The van der Waals surface area contributed by atoms with Crippen molar-refractivity contribution in [3.63, 3.8) is 0 Å². The molecule has 0 aromatic heterocycles. The normalized spacial score (nSPS) is 3.64. The van der Waals surface area contributed by atoms with Crippen molar-refractivity contribution in [1.29, 1.82) is 0 Å². The molecule has 0 saturated heterocycles. The van der Waals surface area contributed by atoms with Crippen LogP contribution in [0, 0.1) is 33.7 Å². The average molecular weight is 231 g/mol. The molecule has 0 unspecified atom stereocenters. The Morgan fingerprint density at radius 2 is 0.727 bits per heavy atom. The molecule has 0 atom stereocenters. The molecule has 0 amide bonds. The van der Waals surface area contributed by atoms with E-state index in [1.54, 1.807) is 0 Å². The van der Waals surface area contributed by atoms with Gasteiger partial charge in [0.1, 0.15) is 0 Å². The van der Waals surface area contributed by atoms with Gasteiger partial charge in [-0.2, -0.15) is 0 Å². The Morgan fingerprint density at radius 3 is 0.727 bits per heavy atom. The van der Waals surface area contributed by atoms with Crippen LogP contribution < -0.4 is 0 Å². The van der Waals surface area contributed by atoms with E-state index < -0.39 is 0 Å². The van der Waals surface area contributed by atoms with Crippen LogP contribution >= 0.6 is 0 Å². The van der Waals surface area contributed by atoms with Gasteiger partial charge in [0.2, 0.25) is 0 Å². The van der Waals surface area contributed by atoms with Gasteiger partial charge in [-0.05, 0) is 0 Å². The van der Waals surface area contributed by atoms with Crippen LogP contribution in [0.5, 0.6) is 0 Å². The summed E-state index contributed by atoms with van der Waals surface area (Å²) in [5.41, 5.74) is 0. The zero-order valence-electron chi connectivity index (χ0n) is 6.33. The van der Waals surface area contributed by atoms with Crippen molar-refractivity contribution < 1.29 is 34.1 Å². The van der Waals surface area contributed by atoms with Crippen LogP contribution in [0.1, 0.15) is 0 Å². The summed E-state index contributed by atoms with van der Waals surface area (Å²) in [6.07, 6.45) is 5.11. The van der Waals surface area contributed by atoms with Gasteiger partial charge in [0.25, 0.3) is 0 Å². The second-order valence-electron chi connectivity index (χ2n) is 0.770. The van der Waals surface area contributed by atoms with E-state index in [4.69, 9.17) is 26.3 Å².